The van der Waals surface area contributed by atoms with Crippen molar-refractivity contribution in [3.8, 4) is 0 Å². The van der Waals surface area contributed by atoms with Crippen LogP contribution in [0.4, 0.5) is 11.6 Å². The Labute approximate surface area is 179 Å². The third-order valence-electron chi connectivity index (χ3n) is 5.75. The van der Waals surface area contributed by atoms with Gasteiger partial charge in [0.05, 0.1) is 5.56 Å². The number of nitrogens with zero attached hydrogens (tertiary/aromatic N) is 4. The number of rotatable bonds is 4. The zero-order valence-electron chi connectivity index (χ0n) is 17.0. The zero-order valence-corrected chi connectivity index (χ0v) is 17.0. The Morgan fingerprint density at radius 2 is 1.90 bits per heavy atom. The molecular formula is C22H31N5O3. The molecule has 2 aliphatic heterocycles. The summed E-state index contributed by atoms with van der Waals surface area (Å²) in [4.78, 5) is 38.4. The molecule has 0 radical (unpaired) electrons. The molecule has 2 fully saturated rings. The molecule has 1 amide bonds. The lowest BCUT2D eigenvalue weighted by atomic mass is 9.98. The summed E-state index contributed by atoms with van der Waals surface area (Å²) in [5.41, 5.74) is 6.54. The van der Waals surface area contributed by atoms with Gasteiger partial charge in [-0.3, -0.25) is 9.59 Å². The van der Waals surface area contributed by atoms with Crippen molar-refractivity contribution in [1.82, 2.24) is 14.9 Å². The standard InChI is InChI=1S/C22H27N5O3.2H2/c23-21-17(4-2-9-24-21)20(28)18-5-1-6-19(25-18)26-10-3-11-27(13-12-26)22(29)16-7-14-30-15-8-16;;/h1-2,4-6,9,16H,3,7-8,10-15H2,(H2,23,24);2*1H. The van der Waals surface area contributed by atoms with Crippen LogP contribution in [0.3, 0.4) is 0 Å². The Balaban J connectivity index is 0.00000181. The Hall–Kier alpha value is -3.00. The highest BCUT2D eigenvalue weighted by molar-refractivity contribution is 6.10. The second kappa shape index (κ2) is 9.21. The molecule has 8 heteroatoms. The van der Waals surface area contributed by atoms with Crippen LogP contribution in [0.5, 0.6) is 0 Å². The molecule has 4 heterocycles. The number of hydrogen-bond donors (Lipinski definition) is 1. The van der Waals surface area contributed by atoms with E-state index in [2.05, 4.69) is 14.9 Å². The van der Waals surface area contributed by atoms with E-state index in [-0.39, 0.29) is 26.3 Å². The maximum Gasteiger partial charge on any atom is 0.225 e. The molecule has 30 heavy (non-hydrogen) atoms. The number of pyridine rings is 2. The highest BCUT2D eigenvalue weighted by atomic mass is 16.5. The molecule has 8 nitrogen and oxygen atoms in total. The summed E-state index contributed by atoms with van der Waals surface area (Å²) in [5.74, 6) is 1.02. The number of ether oxygens (including phenoxy) is 1. The van der Waals surface area contributed by atoms with E-state index in [4.69, 9.17) is 10.5 Å². The molecule has 0 aliphatic carbocycles. The second-order valence-electron chi connectivity index (χ2n) is 7.70. The molecule has 2 aromatic rings. The number of ketones is 1. The van der Waals surface area contributed by atoms with E-state index in [0.29, 0.717) is 37.6 Å². The van der Waals surface area contributed by atoms with E-state index in [0.717, 1.165) is 38.2 Å². The van der Waals surface area contributed by atoms with Crippen molar-refractivity contribution in [2.75, 3.05) is 50.0 Å². The van der Waals surface area contributed by atoms with Crippen molar-refractivity contribution in [2.24, 2.45) is 5.92 Å². The van der Waals surface area contributed by atoms with E-state index >= 15 is 0 Å². The van der Waals surface area contributed by atoms with E-state index in [9.17, 15) is 9.59 Å². The van der Waals surface area contributed by atoms with E-state index in [1.54, 1.807) is 24.4 Å². The first kappa shape index (κ1) is 20.3. The summed E-state index contributed by atoms with van der Waals surface area (Å²) in [6.07, 6.45) is 4.04. The topological polar surface area (TPSA) is 102 Å². The Bertz CT molecular complexity index is 924. The summed E-state index contributed by atoms with van der Waals surface area (Å²) in [6, 6.07) is 8.77. The van der Waals surface area contributed by atoms with Crippen molar-refractivity contribution in [3.05, 3.63) is 47.8 Å². The predicted octanol–water partition coefficient (Wildman–Crippen LogP) is 2.25. The number of aromatic nitrogens is 2. The lowest BCUT2D eigenvalue weighted by molar-refractivity contribution is -0.138. The van der Waals surface area contributed by atoms with Crippen LogP contribution in [0, 0.1) is 5.92 Å². The third-order valence-corrected chi connectivity index (χ3v) is 5.75. The van der Waals surface area contributed by atoms with Gasteiger partial charge in [0, 0.05) is 54.4 Å². The molecule has 0 bridgehead atoms. The molecule has 0 unspecified atom stereocenters. The fourth-order valence-corrected chi connectivity index (χ4v) is 4.04. The van der Waals surface area contributed by atoms with Crippen LogP contribution < -0.4 is 10.6 Å². The molecule has 162 valence electrons. The van der Waals surface area contributed by atoms with Crippen LogP contribution in [-0.2, 0) is 9.53 Å². The fourth-order valence-electron chi connectivity index (χ4n) is 4.04. The van der Waals surface area contributed by atoms with Crippen molar-refractivity contribution < 1.29 is 17.2 Å². The van der Waals surface area contributed by atoms with Crippen molar-refractivity contribution >= 4 is 23.3 Å². The minimum Gasteiger partial charge on any atom is -0.383 e. The average molecular weight is 414 g/mol. The lowest BCUT2D eigenvalue weighted by Gasteiger charge is -2.28. The number of carbonyl (C=O) groups is 2. The van der Waals surface area contributed by atoms with Crippen LogP contribution in [-0.4, -0.2) is 66.0 Å². The van der Waals surface area contributed by atoms with Gasteiger partial charge in [-0.2, -0.15) is 0 Å². The van der Waals surface area contributed by atoms with Gasteiger partial charge < -0.3 is 20.3 Å². The van der Waals surface area contributed by atoms with Crippen molar-refractivity contribution in [3.63, 3.8) is 0 Å². The van der Waals surface area contributed by atoms with Gasteiger partial charge in [0.1, 0.15) is 17.3 Å². The van der Waals surface area contributed by atoms with Gasteiger partial charge in [-0.25, -0.2) is 9.97 Å². The van der Waals surface area contributed by atoms with E-state index in [1.807, 2.05) is 17.0 Å². The van der Waals surface area contributed by atoms with Crippen LogP contribution in [0.1, 0.15) is 38.2 Å². The quantitative estimate of drug-likeness (QED) is 0.767. The number of carbonyl (C=O) groups excluding carboxylic acids is 2. The lowest BCUT2D eigenvalue weighted by Crippen LogP contribution is -2.40. The van der Waals surface area contributed by atoms with Crippen LogP contribution in [0.2, 0.25) is 0 Å². The number of nitrogens with two attached hydrogens (primary N) is 1. The third kappa shape index (κ3) is 4.43. The minimum absolute atomic E-state index is 0. The van der Waals surface area contributed by atoms with Crippen LogP contribution in [0.25, 0.3) is 0 Å². The molecule has 4 rings (SSSR count). The molecule has 2 saturated heterocycles. The highest BCUT2D eigenvalue weighted by Gasteiger charge is 2.28. The first-order valence-electron chi connectivity index (χ1n) is 10.5. The second-order valence-corrected chi connectivity index (χ2v) is 7.70. The van der Waals surface area contributed by atoms with Gasteiger partial charge in [-0.1, -0.05) is 6.07 Å². The Morgan fingerprint density at radius 3 is 2.70 bits per heavy atom. The minimum atomic E-state index is -0.242. The molecule has 0 aromatic carbocycles. The number of amides is 1. The molecule has 0 spiro atoms. The molecule has 0 atom stereocenters. The Morgan fingerprint density at radius 1 is 1.07 bits per heavy atom. The molecule has 2 aliphatic rings. The number of hydrogen-bond acceptors (Lipinski definition) is 7. The van der Waals surface area contributed by atoms with Gasteiger partial charge in [-0.05, 0) is 43.5 Å². The molecular weight excluding hydrogens is 382 g/mol. The van der Waals surface area contributed by atoms with E-state index in [1.165, 1.54) is 0 Å². The van der Waals surface area contributed by atoms with Crippen LogP contribution in [0.15, 0.2) is 36.5 Å². The monoisotopic (exact) mass is 413 g/mol. The first-order valence-corrected chi connectivity index (χ1v) is 10.5. The predicted molar refractivity (Wildman–Crippen MR) is 117 cm³/mol. The SMILES string of the molecule is Nc1ncccc1C(=O)c1cccc(N2CCCN(C(=O)C3CCOCC3)CC2)n1.[HH].[HH]. The summed E-state index contributed by atoms with van der Waals surface area (Å²) in [6.45, 7) is 4.22. The highest BCUT2D eigenvalue weighted by Crippen LogP contribution is 2.21. The summed E-state index contributed by atoms with van der Waals surface area (Å²) < 4.78 is 5.38. The molecule has 2 N–H and O–H groups in total. The molecule has 2 aromatic heterocycles. The summed E-state index contributed by atoms with van der Waals surface area (Å²) >= 11 is 0. The fraction of sp³-hybridized carbons (Fsp3) is 0.455. The largest absolute Gasteiger partial charge is 0.383 e. The number of nitrogen functional groups attached to an aromatic ring is 1. The maximum atomic E-state index is 12.9. The average Bonchev–Trinajstić information content (AvgIpc) is 3.05. The van der Waals surface area contributed by atoms with Gasteiger partial charge in [0.2, 0.25) is 11.7 Å². The Kier molecular flexibility index (Phi) is 6.23. The first-order chi connectivity index (χ1) is 14.6. The van der Waals surface area contributed by atoms with Crippen molar-refractivity contribution in [1.29, 1.82) is 0 Å². The van der Waals surface area contributed by atoms with Crippen molar-refractivity contribution in [2.45, 2.75) is 19.3 Å². The van der Waals surface area contributed by atoms with Gasteiger partial charge in [-0.15, -0.1) is 0 Å². The zero-order chi connectivity index (χ0) is 20.9. The van der Waals surface area contributed by atoms with E-state index < -0.39 is 0 Å². The maximum absolute atomic E-state index is 12.9. The smallest absolute Gasteiger partial charge is 0.225 e. The van der Waals surface area contributed by atoms with Gasteiger partial charge in [0.25, 0.3) is 0 Å². The summed E-state index contributed by atoms with van der Waals surface area (Å²) in [7, 11) is 0. The number of anilines is 2. The van der Waals surface area contributed by atoms with Gasteiger partial charge >= 0.3 is 0 Å². The normalized spacial score (nSPS) is 18.1. The van der Waals surface area contributed by atoms with Gasteiger partial charge in [0.15, 0.2) is 0 Å². The summed E-state index contributed by atoms with van der Waals surface area (Å²) in [5, 5.41) is 0. The molecule has 0 saturated carbocycles. The van der Waals surface area contributed by atoms with Crippen LogP contribution >= 0.6 is 0 Å².